The molecule has 0 aliphatic heterocycles. The summed E-state index contributed by atoms with van der Waals surface area (Å²) in [4.78, 5) is 36.4. The number of hydrogen-bond donors (Lipinski definition) is 1. The van der Waals surface area contributed by atoms with E-state index in [1.165, 1.54) is 23.5 Å². The molecule has 0 atom stereocenters. The minimum Gasteiger partial charge on any atom is -0.457 e. The van der Waals surface area contributed by atoms with Crippen LogP contribution < -0.4 is 10.1 Å². The first-order valence-corrected chi connectivity index (χ1v) is 15.3. The molecule has 0 aliphatic rings. The van der Waals surface area contributed by atoms with Gasteiger partial charge in [-0.2, -0.15) is 0 Å². The largest absolute Gasteiger partial charge is 0.457 e. The van der Waals surface area contributed by atoms with Crippen LogP contribution in [0.4, 0.5) is 5.13 Å². The van der Waals surface area contributed by atoms with Gasteiger partial charge in [0.05, 0.1) is 29.3 Å². The van der Waals surface area contributed by atoms with Gasteiger partial charge >= 0.3 is 0 Å². The van der Waals surface area contributed by atoms with E-state index in [4.69, 9.17) is 9.47 Å². The number of nitrogens with one attached hydrogen (secondary N) is 1. The topological polar surface area (TPSA) is 128 Å². The Hall–Kier alpha value is -4.13. The van der Waals surface area contributed by atoms with Gasteiger partial charge in [0.15, 0.2) is 15.0 Å². The average molecular weight is 595 g/mol. The Morgan fingerprint density at radius 1 is 1.07 bits per heavy atom. The summed E-state index contributed by atoms with van der Waals surface area (Å²) in [6, 6.07) is 14.9. The lowest BCUT2D eigenvalue weighted by molar-refractivity contribution is -0.129. The highest BCUT2D eigenvalue weighted by Gasteiger charge is 2.17. The number of thiazole rings is 1. The number of carbonyl (C=O) groups is 2. The molecule has 2 heterocycles. The zero-order chi connectivity index (χ0) is 29.6. The zero-order valence-electron chi connectivity index (χ0n) is 23.1. The highest BCUT2D eigenvalue weighted by molar-refractivity contribution is 7.90. The smallest absolute Gasteiger partial charge is 0.257 e. The summed E-state index contributed by atoms with van der Waals surface area (Å²) in [5, 5.41) is 4.90. The van der Waals surface area contributed by atoms with Crippen molar-refractivity contribution in [3.05, 3.63) is 83.0 Å². The average Bonchev–Trinajstić information content (AvgIpc) is 3.37. The Morgan fingerprint density at radius 2 is 1.83 bits per heavy atom. The number of rotatable bonds is 11. The molecule has 0 radical (unpaired) electrons. The third-order valence-corrected chi connectivity index (χ3v) is 8.04. The van der Waals surface area contributed by atoms with Gasteiger partial charge in [-0.3, -0.25) is 19.9 Å². The van der Waals surface area contributed by atoms with Gasteiger partial charge in [0.1, 0.15) is 11.5 Å². The Labute approximate surface area is 242 Å². The number of nitrogens with zero attached hydrogens (tertiary/aromatic N) is 3. The summed E-state index contributed by atoms with van der Waals surface area (Å²) in [5.74, 6) is 0.259. The maximum absolute atomic E-state index is 13.3. The minimum absolute atomic E-state index is 0.102. The predicted molar refractivity (Wildman–Crippen MR) is 157 cm³/mol. The molecule has 0 saturated heterocycles. The van der Waals surface area contributed by atoms with Crippen molar-refractivity contribution in [3.8, 4) is 22.8 Å². The number of pyridine rings is 1. The number of aromatic nitrogens is 2. The molecule has 0 unspecified atom stereocenters. The maximum atomic E-state index is 13.3. The molecular weight excluding hydrogens is 564 g/mol. The fourth-order valence-electron chi connectivity index (χ4n) is 3.86. The van der Waals surface area contributed by atoms with Crippen LogP contribution in [0.15, 0.2) is 71.1 Å². The molecule has 214 valence electrons. The summed E-state index contributed by atoms with van der Waals surface area (Å²) in [5.41, 5.74) is 3.13. The third-order valence-electron chi connectivity index (χ3n) is 6.10. The fourth-order valence-corrected chi connectivity index (χ4v) is 5.20. The second kappa shape index (κ2) is 13.0. The van der Waals surface area contributed by atoms with Crippen molar-refractivity contribution in [2.24, 2.45) is 0 Å². The van der Waals surface area contributed by atoms with Gasteiger partial charge in [0.2, 0.25) is 5.91 Å². The Morgan fingerprint density at radius 3 is 2.51 bits per heavy atom. The number of anilines is 1. The van der Waals surface area contributed by atoms with Crippen molar-refractivity contribution in [2.75, 3.05) is 38.9 Å². The standard InChI is InChI=1S/C29H30N4O6S2/c1-19-6-5-11-30-27(19)20-14-21(16-24(15-20)39-23-7-9-25(10-8-23)41(4,36)37)28(35)32-29-31-22(18-40-29)17-26(34)33(2)12-13-38-3/h5-11,14-16,18H,12-13,17H2,1-4H3,(H,31,32,35). The number of aryl methyl sites for hydroxylation is 1. The Kier molecular flexibility index (Phi) is 9.48. The molecule has 2 aromatic carbocycles. The van der Waals surface area contributed by atoms with Crippen LogP contribution in [-0.2, 0) is 25.8 Å². The van der Waals surface area contributed by atoms with Crippen LogP contribution in [0.2, 0.25) is 0 Å². The van der Waals surface area contributed by atoms with Crippen molar-refractivity contribution in [2.45, 2.75) is 18.2 Å². The van der Waals surface area contributed by atoms with Gasteiger partial charge in [0.25, 0.3) is 5.91 Å². The van der Waals surface area contributed by atoms with Gasteiger partial charge in [-0.05, 0) is 61.0 Å². The number of ether oxygens (including phenoxy) is 2. The molecule has 10 nitrogen and oxygen atoms in total. The summed E-state index contributed by atoms with van der Waals surface area (Å²) in [6.07, 6.45) is 2.92. The summed E-state index contributed by atoms with van der Waals surface area (Å²) in [6.45, 7) is 2.83. The third kappa shape index (κ3) is 7.97. The normalized spacial score (nSPS) is 11.2. The first-order valence-electron chi connectivity index (χ1n) is 12.6. The molecule has 12 heteroatoms. The van der Waals surface area contributed by atoms with E-state index in [1.807, 2.05) is 19.1 Å². The van der Waals surface area contributed by atoms with E-state index in [0.717, 1.165) is 11.8 Å². The number of amides is 2. The Bertz CT molecular complexity index is 1650. The van der Waals surface area contributed by atoms with Gasteiger partial charge in [-0.25, -0.2) is 13.4 Å². The predicted octanol–water partition coefficient (Wildman–Crippen LogP) is 4.61. The lowest BCUT2D eigenvalue weighted by atomic mass is 10.0. The van der Waals surface area contributed by atoms with Crippen LogP contribution in [-0.4, -0.2) is 68.7 Å². The van der Waals surface area contributed by atoms with Crippen molar-refractivity contribution in [1.29, 1.82) is 0 Å². The molecule has 4 rings (SSSR count). The van der Waals surface area contributed by atoms with E-state index < -0.39 is 15.7 Å². The summed E-state index contributed by atoms with van der Waals surface area (Å²) < 4.78 is 34.7. The van der Waals surface area contributed by atoms with Crippen LogP contribution in [0.25, 0.3) is 11.3 Å². The molecule has 2 amide bonds. The van der Waals surface area contributed by atoms with E-state index in [9.17, 15) is 18.0 Å². The molecule has 4 aromatic rings. The zero-order valence-corrected chi connectivity index (χ0v) is 24.7. The number of sulfone groups is 1. The quantitative estimate of drug-likeness (QED) is 0.267. The molecule has 0 saturated carbocycles. The molecule has 2 aromatic heterocycles. The minimum atomic E-state index is -3.35. The van der Waals surface area contributed by atoms with Crippen LogP contribution in [0.3, 0.4) is 0 Å². The highest BCUT2D eigenvalue weighted by atomic mass is 32.2. The van der Waals surface area contributed by atoms with E-state index >= 15 is 0 Å². The van der Waals surface area contributed by atoms with Gasteiger partial charge < -0.3 is 14.4 Å². The molecule has 0 fully saturated rings. The van der Waals surface area contributed by atoms with Crippen molar-refractivity contribution in [1.82, 2.24) is 14.9 Å². The van der Waals surface area contributed by atoms with Crippen LogP contribution in [0.5, 0.6) is 11.5 Å². The van der Waals surface area contributed by atoms with Gasteiger partial charge in [-0.15, -0.1) is 11.3 Å². The van der Waals surface area contributed by atoms with Crippen molar-refractivity contribution < 1.29 is 27.5 Å². The number of methoxy groups -OCH3 is 1. The van der Waals surface area contributed by atoms with E-state index in [1.54, 1.807) is 61.0 Å². The lowest BCUT2D eigenvalue weighted by Crippen LogP contribution is -2.31. The number of hydrogen-bond acceptors (Lipinski definition) is 9. The molecular formula is C29H30N4O6S2. The second-order valence-electron chi connectivity index (χ2n) is 9.34. The number of likely N-dealkylation sites (N-methyl/N-ethyl adjacent to an activating group) is 1. The Balaban J connectivity index is 1.57. The molecule has 0 bridgehead atoms. The van der Waals surface area contributed by atoms with E-state index in [2.05, 4.69) is 15.3 Å². The first-order chi connectivity index (χ1) is 19.5. The molecule has 41 heavy (non-hydrogen) atoms. The SMILES string of the molecule is COCCN(C)C(=O)Cc1csc(NC(=O)c2cc(Oc3ccc(S(C)(=O)=O)cc3)cc(-c3ncccc3C)c2)n1. The van der Waals surface area contributed by atoms with Gasteiger partial charge in [-0.1, -0.05) is 6.07 Å². The summed E-state index contributed by atoms with van der Waals surface area (Å²) in [7, 11) is -0.0705. The molecule has 0 aliphatic carbocycles. The number of benzene rings is 2. The molecule has 0 spiro atoms. The van der Waals surface area contributed by atoms with Gasteiger partial charge in [0, 0.05) is 49.7 Å². The monoisotopic (exact) mass is 594 g/mol. The van der Waals surface area contributed by atoms with Crippen LogP contribution >= 0.6 is 11.3 Å². The van der Waals surface area contributed by atoms with E-state index in [-0.39, 0.29) is 17.2 Å². The second-order valence-corrected chi connectivity index (χ2v) is 12.2. The summed E-state index contributed by atoms with van der Waals surface area (Å²) >= 11 is 1.23. The maximum Gasteiger partial charge on any atom is 0.257 e. The van der Waals surface area contributed by atoms with Crippen molar-refractivity contribution in [3.63, 3.8) is 0 Å². The van der Waals surface area contributed by atoms with Crippen molar-refractivity contribution >= 4 is 38.1 Å². The number of carbonyl (C=O) groups excluding carboxylic acids is 2. The molecule has 1 N–H and O–H groups in total. The lowest BCUT2D eigenvalue weighted by Gasteiger charge is -2.15. The fraction of sp³-hybridized carbons (Fsp3) is 0.241. The first kappa shape index (κ1) is 29.8. The van der Waals surface area contributed by atoms with E-state index in [0.29, 0.717) is 52.3 Å². The van der Waals surface area contributed by atoms with Crippen LogP contribution in [0.1, 0.15) is 21.6 Å². The highest BCUT2D eigenvalue weighted by Crippen LogP contribution is 2.31. The van der Waals surface area contributed by atoms with Crippen LogP contribution in [0, 0.1) is 6.92 Å².